The standard InChI is InChI=1S/C20H22N2O4/c1-13(11-18(23)21(2)3)26-14-9-10-17-19(20(24)25-4)15-7-5-6-8-16(15)22(17)12-14/h5-10,12-13H,11H2,1-4H3. The topological polar surface area (TPSA) is 60.2 Å². The van der Waals surface area contributed by atoms with E-state index in [1.807, 2.05) is 47.9 Å². The van der Waals surface area contributed by atoms with Crippen LogP contribution in [0.2, 0.25) is 0 Å². The fraction of sp³-hybridized carbons (Fsp3) is 0.300. The van der Waals surface area contributed by atoms with Gasteiger partial charge in [0.05, 0.1) is 36.3 Å². The summed E-state index contributed by atoms with van der Waals surface area (Å²) in [5, 5.41) is 0.826. The van der Waals surface area contributed by atoms with Gasteiger partial charge in [-0.2, -0.15) is 0 Å². The van der Waals surface area contributed by atoms with Gasteiger partial charge in [0.1, 0.15) is 11.9 Å². The zero-order valence-electron chi connectivity index (χ0n) is 15.4. The highest BCUT2D eigenvalue weighted by Gasteiger charge is 2.19. The maximum Gasteiger partial charge on any atom is 0.340 e. The fourth-order valence-corrected chi connectivity index (χ4v) is 3.01. The Hall–Kier alpha value is -3.02. The van der Waals surface area contributed by atoms with Gasteiger partial charge in [0.2, 0.25) is 5.91 Å². The first kappa shape index (κ1) is 17.8. The molecule has 136 valence electrons. The molecule has 26 heavy (non-hydrogen) atoms. The van der Waals surface area contributed by atoms with Crippen LogP contribution in [-0.4, -0.2) is 48.5 Å². The molecule has 0 saturated heterocycles. The zero-order chi connectivity index (χ0) is 18.8. The maximum atomic E-state index is 12.2. The predicted octanol–water partition coefficient (Wildman–Crippen LogP) is 3.12. The lowest BCUT2D eigenvalue weighted by atomic mass is 10.1. The normalized spacial score (nSPS) is 12.2. The average Bonchev–Trinajstić information content (AvgIpc) is 2.94. The van der Waals surface area contributed by atoms with Crippen LogP contribution < -0.4 is 4.74 Å². The van der Waals surface area contributed by atoms with E-state index in [0.29, 0.717) is 17.7 Å². The molecule has 0 radical (unpaired) electrons. The molecule has 1 amide bonds. The maximum absolute atomic E-state index is 12.2. The number of hydrogen-bond acceptors (Lipinski definition) is 4. The monoisotopic (exact) mass is 354 g/mol. The van der Waals surface area contributed by atoms with Crippen LogP contribution in [-0.2, 0) is 9.53 Å². The molecule has 0 spiro atoms. The Balaban J connectivity index is 2.00. The Morgan fingerprint density at radius 2 is 1.85 bits per heavy atom. The smallest absolute Gasteiger partial charge is 0.340 e. The third-order valence-electron chi connectivity index (χ3n) is 4.30. The van der Waals surface area contributed by atoms with E-state index in [9.17, 15) is 9.59 Å². The Labute approximate surface area is 151 Å². The van der Waals surface area contributed by atoms with E-state index in [1.54, 1.807) is 25.1 Å². The van der Waals surface area contributed by atoms with E-state index in [2.05, 4.69) is 0 Å². The number of carbonyl (C=O) groups is 2. The number of amides is 1. The second-order valence-electron chi connectivity index (χ2n) is 6.42. The molecule has 3 aromatic rings. The summed E-state index contributed by atoms with van der Waals surface area (Å²) < 4.78 is 12.8. The molecule has 1 aromatic carbocycles. The number of fused-ring (bicyclic) bond motifs is 3. The lowest BCUT2D eigenvalue weighted by molar-refractivity contribution is -0.130. The van der Waals surface area contributed by atoms with Crippen molar-refractivity contribution in [3.05, 3.63) is 48.2 Å². The van der Waals surface area contributed by atoms with Crippen molar-refractivity contribution >= 4 is 28.3 Å². The quantitative estimate of drug-likeness (QED) is 0.661. The average molecular weight is 354 g/mol. The van der Waals surface area contributed by atoms with Gasteiger partial charge in [-0.05, 0) is 25.1 Å². The van der Waals surface area contributed by atoms with Crippen LogP contribution in [0.15, 0.2) is 42.6 Å². The molecule has 1 unspecified atom stereocenters. The predicted molar refractivity (Wildman–Crippen MR) is 99.6 cm³/mol. The van der Waals surface area contributed by atoms with Gasteiger partial charge >= 0.3 is 5.97 Å². The molecule has 3 rings (SSSR count). The Morgan fingerprint density at radius 1 is 1.12 bits per heavy atom. The SMILES string of the molecule is COC(=O)c1c2ccccc2n2cc(OC(C)CC(=O)N(C)C)ccc12. The number of hydrogen-bond donors (Lipinski definition) is 0. The van der Waals surface area contributed by atoms with Gasteiger partial charge in [-0.1, -0.05) is 18.2 Å². The first-order valence-electron chi connectivity index (χ1n) is 8.40. The summed E-state index contributed by atoms with van der Waals surface area (Å²) in [4.78, 5) is 25.6. The number of benzene rings is 1. The van der Waals surface area contributed by atoms with Gasteiger partial charge in [0, 0.05) is 19.5 Å². The summed E-state index contributed by atoms with van der Waals surface area (Å²) >= 11 is 0. The largest absolute Gasteiger partial charge is 0.489 e. The molecule has 2 heterocycles. The van der Waals surface area contributed by atoms with Gasteiger partial charge in [-0.25, -0.2) is 4.79 Å². The van der Waals surface area contributed by atoms with Crippen LogP contribution in [0, 0.1) is 0 Å². The van der Waals surface area contributed by atoms with Crippen LogP contribution in [0.4, 0.5) is 0 Å². The summed E-state index contributed by atoms with van der Waals surface area (Å²) in [6.45, 7) is 1.86. The highest BCUT2D eigenvalue weighted by Crippen LogP contribution is 2.29. The second kappa shape index (κ2) is 7.07. The number of rotatable bonds is 5. The van der Waals surface area contributed by atoms with E-state index in [4.69, 9.17) is 9.47 Å². The number of esters is 1. The van der Waals surface area contributed by atoms with Crippen LogP contribution in [0.3, 0.4) is 0 Å². The van der Waals surface area contributed by atoms with Crippen molar-refractivity contribution in [3.8, 4) is 5.75 Å². The molecule has 0 bridgehead atoms. The van der Waals surface area contributed by atoms with Crippen molar-refractivity contribution < 1.29 is 19.1 Å². The Bertz CT molecular complexity index is 975. The van der Waals surface area contributed by atoms with Gasteiger partial charge in [0.15, 0.2) is 0 Å². The van der Waals surface area contributed by atoms with Crippen molar-refractivity contribution in [2.45, 2.75) is 19.4 Å². The van der Waals surface area contributed by atoms with Crippen molar-refractivity contribution in [2.24, 2.45) is 0 Å². The summed E-state index contributed by atoms with van der Waals surface area (Å²) in [5.41, 5.74) is 2.18. The molecular formula is C20H22N2O4. The summed E-state index contributed by atoms with van der Waals surface area (Å²) in [6, 6.07) is 11.3. The minimum atomic E-state index is -0.373. The number of para-hydroxylation sites is 1. The molecule has 6 heteroatoms. The number of pyridine rings is 1. The van der Waals surface area contributed by atoms with Crippen LogP contribution in [0.5, 0.6) is 5.75 Å². The Kier molecular flexibility index (Phi) is 4.84. The van der Waals surface area contributed by atoms with Crippen LogP contribution in [0.1, 0.15) is 23.7 Å². The minimum Gasteiger partial charge on any atom is -0.489 e. The number of ether oxygens (including phenoxy) is 2. The molecule has 1 atom stereocenters. The van der Waals surface area contributed by atoms with Gasteiger partial charge < -0.3 is 18.8 Å². The molecule has 2 aromatic heterocycles. The van der Waals surface area contributed by atoms with Gasteiger partial charge in [0.25, 0.3) is 0 Å². The van der Waals surface area contributed by atoms with Gasteiger partial charge in [-0.3, -0.25) is 4.79 Å². The van der Waals surface area contributed by atoms with E-state index in [1.165, 1.54) is 7.11 Å². The van der Waals surface area contributed by atoms with E-state index in [0.717, 1.165) is 16.4 Å². The van der Waals surface area contributed by atoms with Crippen molar-refractivity contribution in [3.63, 3.8) is 0 Å². The van der Waals surface area contributed by atoms with Crippen molar-refractivity contribution in [2.75, 3.05) is 21.2 Å². The molecule has 0 aliphatic carbocycles. The molecule has 0 N–H and O–H groups in total. The summed E-state index contributed by atoms with van der Waals surface area (Å²) in [7, 11) is 4.82. The number of carbonyl (C=O) groups excluding carboxylic acids is 2. The summed E-state index contributed by atoms with van der Waals surface area (Å²) in [6.07, 6.45) is 1.87. The molecule has 0 aliphatic heterocycles. The third kappa shape index (κ3) is 3.22. The zero-order valence-corrected chi connectivity index (χ0v) is 15.4. The molecule has 6 nitrogen and oxygen atoms in total. The minimum absolute atomic E-state index is 0.0120. The number of nitrogens with zero attached hydrogens (tertiary/aromatic N) is 2. The highest BCUT2D eigenvalue weighted by molar-refractivity contribution is 6.11. The van der Waals surface area contributed by atoms with E-state index in [-0.39, 0.29) is 18.0 Å². The summed E-state index contributed by atoms with van der Waals surface area (Å²) in [5.74, 6) is 0.272. The highest BCUT2D eigenvalue weighted by atomic mass is 16.5. The molecule has 0 saturated carbocycles. The van der Waals surface area contributed by atoms with E-state index >= 15 is 0 Å². The lowest BCUT2D eigenvalue weighted by Gasteiger charge is -2.17. The Morgan fingerprint density at radius 3 is 2.54 bits per heavy atom. The van der Waals surface area contributed by atoms with Crippen LogP contribution >= 0.6 is 0 Å². The van der Waals surface area contributed by atoms with E-state index < -0.39 is 0 Å². The molecular weight excluding hydrogens is 332 g/mol. The van der Waals surface area contributed by atoms with Gasteiger partial charge in [-0.15, -0.1) is 0 Å². The molecule has 0 fully saturated rings. The first-order chi connectivity index (χ1) is 12.4. The van der Waals surface area contributed by atoms with Crippen molar-refractivity contribution in [1.82, 2.24) is 9.30 Å². The second-order valence-corrected chi connectivity index (χ2v) is 6.42. The first-order valence-corrected chi connectivity index (χ1v) is 8.40. The fourth-order valence-electron chi connectivity index (χ4n) is 3.01. The molecule has 0 aliphatic rings. The van der Waals surface area contributed by atoms with Crippen molar-refractivity contribution in [1.29, 1.82) is 0 Å². The number of methoxy groups -OCH3 is 1. The number of aromatic nitrogens is 1. The lowest BCUT2D eigenvalue weighted by Crippen LogP contribution is -2.27. The third-order valence-corrected chi connectivity index (χ3v) is 4.30. The van der Waals surface area contributed by atoms with Crippen LogP contribution in [0.25, 0.3) is 16.4 Å².